The Morgan fingerprint density at radius 3 is 1.50 bits per heavy atom. The Balaban J connectivity index is 0.000000588. The molecule has 0 saturated carbocycles. The maximum absolute atomic E-state index is 9.75. The first-order valence-electron chi connectivity index (χ1n) is 10.2. The average Bonchev–Trinajstić information content (AvgIpc) is 2.76. The molecule has 0 spiro atoms. The molecule has 0 aliphatic heterocycles. The van der Waals surface area contributed by atoms with Crippen molar-refractivity contribution in [1.82, 2.24) is 0 Å². The van der Waals surface area contributed by atoms with Crippen molar-refractivity contribution >= 4 is 55.0 Å². The molecular formula is C25H19BBr3F4N. The smallest absolute Gasteiger partial charge is 0.418 e. The first-order valence-corrected chi connectivity index (χ1v) is 12.6. The van der Waals surface area contributed by atoms with E-state index in [0.717, 1.165) is 20.0 Å². The summed E-state index contributed by atoms with van der Waals surface area (Å²) in [6.07, 6.45) is 0. The topological polar surface area (TPSA) is 3.88 Å². The molecule has 0 amide bonds. The minimum atomic E-state index is -6.00. The van der Waals surface area contributed by atoms with Crippen molar-refractivity contribution in [1.29, 1.82) is 0 Å². The maximum atomic E-state index is 9.75. The lowest BCUT2D eigenvalue weighted by atomic mass is 10.0. The number of nitrogens with zero attached hydrogens (tertiary/aromatic N) is 1. The second-order valence-corrected chi connectivity index (χ2v) is 10.2. The number of aryl methyl sites for hydroxylation is 1. The predicted molar refractivity (Wildman–Crippen MR) is 141 cm³/mol. The van der Waals surface area contributed by atoms with Gasteiger partial charge in [-0.15, -0.1) is 0 Å². The van der Waals surface area contributed by atoms with Gasteiger partial charge in [0.15, 0.2) is 12.2 Å². The molecule has 0 atom stereocenters. The molecule has 0 unspecified atom stereocenters. The van der Waals surface area contributed by atoms with E-state index in [9.17, 15) is 17.3 Å². The fourth-order valence-electron chi connectivity index (χ4n) is 3.41. The summed E-state index contributed by atoms with van der Waals surface area (Å²) < 4.78 is 44.7. The molecule has 4 aromatic rings. The molecular weight excluding hydrogens is 641 g/mol. The Hall–Kier alpha value is -1.97. The van der Waals surface area contributed by atoms with Crippen LogP contribution < -0.4 is 4.57 Å². The van der Waals surface area contributed by atoms with Crippen LogP contribution in [0, 0.1) is 6.92 Å². The standard InChI is InChI=1S/C25H19Br3N.BF4/c1-17-14-21(19-4-10-23(27)11-5-19)15-25(20-6-12-24(28)13-7-20)29(17)16-18-2-8-22(26)9-3-18;2-1(3,4)5/h2-15H,16H2,1H3;/q+1;-1. The van der Waals surface area contributed by atoms with Crippen LogP contribution in [0.2, 0.25) is 0 Å². The lowest BCUT2D eigenvalue weighted by Gasteiger charge is -2.11. The van der Waals surface area contributed by atoms with E-state index >= 15 is 0 Å². The summed E-state index contributed by atoms with van der Waals surface area (Å²) in [7, 11) is -6.00. The monoisotopic (exact) mass is 657 g/mol. The van der Waals surface area contributed by atoms with Gasteiger partial charge in [0.05, 0.1) is 0 Å². The zero-order valence-corrected chi connectivity index (χ0v) is 22.7. The van der Waals surface area contributed by atoms with Gasteiger partial charge in [-0.05, 0) is 59.7 Å². The van der Waals surface area contributed by atoms with Crippen molar-refractivity contribution < 1.29 is 21.8 Å². The van der Waals surface area contributed by atoms with E-state index in [1.54, 1.807) is 0 Å². The van der Waals surface area contributed by atoms with Crippen LogP contribution in [0.15, 0.2) is 98.3 Å². The van der Waals surface area contributed by atoms with Crippen LogP contribution in [0.4, 0.5) is 17.3 Å². The lowest BCUT2D eigenvalue weighted by molar-refractivity contribution is -0.683. The molecule has 0 radical (unpaired) electrons. The summed E-state index contributed by atoms with van der Waals surface area (Å²) in [4.78, 5) is 0. The van der Waals surface area contributed by atoms with Gasteiger partial charge in [-0.25, -0.2) is 0 Å². The number of hydrogen-bond acceptors (Lipinski definition) is 0. The Labute approximate surface area is 221 Å². The number of hydrogen-bond donors (Lipinski definition) is 0. The van der Waals surface area contributed by atoms with E-state index in [4.69, 9.17) is 0 Å². The average molecular weight is 660 g/mol. The van der Waals surface area contributed by atoms with E-state index in [-0.39, 0.29) is 0 Å². The highest BCUT2D eigenvalue weighted by Gasteiger charge is 2.21. The summed E-state index contributed by atoms with van der Waals surface area (Å²) in [5, 5.41) is 0. The molecule has 9 heteroatoms. The van der Waals surface area contributed by atoms with Crippen LogP contribution in [0.1, 0.15) is 11.3 Å². The fraction of sp³-hybridized carbons (Fsp3) is 0.0800. The van der Waals surface area contributed by atoms with E-state index in [1.807, 2.05) is 0 Å². The van der Waals surface area contributed by atoms with Crippen LogP contribution in [-0.4, -0.2) is 7.25 Å². The summed E-state index contributed by atoms with van der Waals surface area (Å²) in [6, 6.07) is 30.1. The molecule has 0 aliphatic rings. The van der Waals surface area contributed by atoms with Crippen LogP contribution in [0.25, 0.3) is 22.4 Å². The lowest BCUT2D eigenvalue weighted by Crippen LogP contribution is -2.40. The highest BCUT2D eigenvalue weighted by molar-refractivity contribution is 9.11. The SMILES string of the molecule is Cc1cc(-c2ccc(Br)cc2)cc(-c2ccc(Br)cc2)[n+]1Cc1ccc(Br)cc1.F[B-](F)(F)F. The Bertz CT molecular complexity index is 1240. The van der Waals surface area contributed by atoms with Gasteiger partial charge in [-0.1, -0.05) is 72.1 Å². The molecule has 0 fully saturated rings. The Morgan fingerprint density at radius 1 is 0.618 bits per heavy atom. The van der Waals surface area contributed by atoms with Gasteiger partial charge in [0, 0.05) is 43.6 Å². The molecule has 176 valence electrons. The van der Waals surface area contributed by atoms with Gasteiger partial charge >= 0.3 is 7.25 Å². The zero-order chi connectivity index (χ0) is 24.9. The largest absolute Gasteiger partial charge is 0.673 e. The summed E-state index contributed by atoms with van der Waals surface area (Å²) >= 11 is 10.6. The molecule has 34 heavy (non-hydrogen) atoms. The van der Waals surface area contributed by atoms with Gasteiger partial charge in [-0.2, -0.15) is 4.57 Å². The first-order chi connectivity index (χ1) is 16.0. The number of pyridine rings is 1. The molecule has 1 nitrogen and oxygen atoms in total. The normalized spacial score (nSPS) is 11.1. The molecule has 1 aromatic heterocycles. The van der Waals surface area contributed by atoms with Gasteiger partial charge in [0.2, 0.25) is 5.69 Å². The first kappa shape index (κ1) is 26.6. The molecule has 0 saturated heterocycles. The third-order valence-electron chi connectivity index (χ3n) is 4.94. The predicted octanol–water partition coefficient (Wildman–Crippen LogP) is 9.25. The van der Waals surface area contributed by atoms with Crippen molar-refractivity contribution in [3.8, 4) is 22.4 Å². The molecule has 4 rings (SSSR count). The van der Waals surface area contributed by atoms with E-state index < -0.39 is 7.25 Å². The Morgan fingerprint density at radius 2 is 1.03 bits per heavy atom. The van der Waals surface area contributed by atoms with Crippen molar-refractivity contribution in [3.63, 3.8) is 0 Å². The molecule has 3 aromatic carbocycles. The highest BCUT2D eigenvalue weighted by Crippen LogP contribution is 2.27. The van der Waals surface area contributed by atoms with E-state index in [2.05, 4.69) is 144 Å². The van der Waals surface area contributed by atoms with Gasteiger partial charge in [0.25, 0.3) is 0 Å². The Kier molecular flexibility index (Phi) is 9.12. The fourth-order valence-corrected chi connectivity index (χ4v) is 4.20. The minimum absolute atomic E-state index is 0.825. The highest BCUT2D eigenvalue weighted by atomic mass is 79.9. The van der Waals surface area contributed by atoms with Crippen LogP contribution >= 0.6 is 47.8 Å². The molecule has 0 bridgehead atoms. The van der Waals surface area contributed by atoms with Crippen LogP contribution in [0.5, 0.6) is 0 Å². The second kappa shape index (κ2) is 11.6. The molecule has 0 N–H and O–H groups in total. The number of rotatable bonds is 4. The summed E-state index contributed by atoms with van der Waals surface area (Å²) in [5.74, 6) is 0. The van der Waals surface area contributed by atoms with E-state index in [1.165, 1.54) is 33.6 Å². The third-order valence-corrected chi connectivity index (χ3v) is 6.53. The third kappa shape index (κ3) is 8.06. The number of benzene rings is 3. The van der Waals surface area contributed by atoms with Gasteiger partial charge in [0.1, 0.15) is 0 Å². The zero-order valence-electron chi connectivity index (χ0n) is 18.0. The molecule has 1 heterocycles. The quantitative estimate of drug-likeness (QED) is 0.117. The minimum Gasteiger partial charge on any atom is -0.418 e. The van der Waals surface area contributed by atoms with Crippen LogP contribution in [-0.2, 0) is 6.54 Å². The summed E-state index contributed by atoms with van der Waals surface area (Å²) in [5.41, 5.74) is 7.35. The van der Waals surface area contributed by atoms with E-state index in [0.29, 0.717) is 0 Å². The maximum Gasteiger partial charge on any atom is 0.673 e. The van der Waals surface area contributed by atoms with Gasteiger partial charge < -0.3 is 17.3 Å². The second-order valence-electron chi connectivity index (χ2n) is 7.49. The van der Waals surface area contributed by atoms with Crippen molar-refractivity contribution in [3.05, 3.63) is 110 Å². The summed E-state index contributed by atoms with van der Waals surface area (Å²) in [6.45, 7) is 3.01. The number of aromatic nitrogens is 1. The molecule has 0 aliphatic carbocycles. The number of halogens is 7. The van der Waals surface area contributed by atoms with Crippen molar-refractivity contribution in [2.75, 3.05) is 0 Å². The van der Waals surface area contributed by atoms with Crippen molar-refractivity contribution in [2.45, 2.75) is 13.5 Å². The van der Waals surface area contributed by atoms with Gasteiger partial charge in [-0.3, -0.25) is 0 Å². The van der Waals surface area contributed by atoms with Crippen molar-refractivity contribution in [2.24, 2.45) is 0 Å². The van der Waals surface area contributed by atoms with Crippen LogP contribution in [0.3, 0.4) is 0 Å².